The van der Waals surface area contributed by atoms with E-state index in [4.69, 9.17) is 15.2 Å². The molecule has 1 amide bonds. The Morgan fingerprint density at radius 3 is 3.00 bits per heavy atom. The van der Waals surface area contributed by atoms with Crippen LogP contribution in [0.5, 0.6) is 11.5 Å². The molecule has 0 bridgehead atoms. The average molecular weight is 264 g/mol. The zero-order chi connectivity index (χ0) is 13.7. The molecule has 0 radical (unpaired) electrons. The van der Waals surface area contributed by atoms with Crippen molar-refractivity contribution < 1.29 is 14.3 Å². The Morgan fingerprint density at radius 1 is 1.42 bits per heavy atom. The van der Waals surface area contributed by atoms with Crippen molar-refractivity contribution in [2.75, 3.05) is 13.7 Å². The molecule has 1 fully saturated rings. The maximum absolute atomic E-state index is 11.8. The first-order valence-corrected chi connectivity index (χ1v) is 6.56. The Morgan fingerprint density at radius 2 is 2.26 bits per heavy atom. The van der Waals surface area contributed by atoms with Crippen LogP contribution in [-0.4, -0.2) is 25.7 Å². The Bertz CT molecular complexity index is 448. The monoisotopic (exact) mass is 264 g/mol. The van der Waals surface area contributed by atoms with E-state index in [1.54, 1.807) is 13.2 Å². The van der Waals surface area contributed by atoms with Crippen molar-refractivity contribution in [1.82, 2.24) is 5.32 Å². The van der Waals surface area contributed by atoms with E-state index in [9.17, 15) is 4.79 Å². The molecule has 0 aromatic heterocycles. The van der Waals surface area contributed by atoms with Crippen LogP contribution in [0.15, 0.2) is 18.2 Å². The largest absolute Gasteiger partial charge is 0.497 e. The zero-order valence-electron chi connectivity index (χ0n) is 11.1. The highest BCUT2D eigenvalue weighted by Crippen LogP contribution is 2.26. The van der Waals surface area contributed by atoms with Gasteiger partial charge in [0.15, 0.2) is 6.10 Å². The Kier molecular flexibility index (Phi) is 4.63. The van der Waals surface area contributed by atoms with Crippen molar-refractivity contribution in [2.45, 2.75) is 31.9 Å². The number of hydrogen-bond acceptors (Lipinski definition) is 4. The van der Waals surface area contributed by atoms with Gasteiger partial charge < -0.3 is 20.5 Å². The number of hydrogen-bond donors (Lipinski definition) is 2. The third-order valence-electron chi connectivity index (χ3n) is 3.24. The average Bonchev–Trinajstić information content (AvgIpc) is 2.64. The quantitative estimate of drug-likeness (QED) is 0.857. The number of amides is 1. The molecule has 1 saturated heterocycles. The van der Waals surface area contributed by atoms with E-state index >= 15 is 0 Å². The molecule has 0 aliphatic carbocycles. The number of ether oxygens (including phenoxy) is 2. The van der Waals surface area contributed by atoms with E-state index in [2.05, 4.69) is 5.32 Å². The molecular weight excluding hydrogens is 244 g/mol. The zero-order valence-corrected chi connectivity index (χ0v) is 11.1. The van der Waals surface area contributed by atoms with E-state index in [0.29, 0.717) is 12.3 Å². The summed E-state index contributed by atoms with van der Waals surface area (Å²) in [6, 6.07) is 5.45. The lowest BCUT2D eigenvalue weighted by Crippen LogP contribution is -2.36. The Labute approximate surface area is 113 Å². The van der Waals surface area contributed by atoms with Crippen LogP contribution in [0.25, 0.3) is 0 Å². The highest BCUT2D eigenvalue weighted by molar-refractivity contribution is 5.81. The van der Waals surface area contributed by atoms with Gasteiger partial charge in [-0.25, -0.2) is 0 Å². The lowest BCUT2D eigenvalue weighted by atomic mass is 10.1. The molecule has 1 aromatic rings. The summed E-state index contributed by atoms with van der Waals surface area (Å²) in [5, 5.41) is 2.85. The Balaban J connectivity index is 2.15. The topological polar surface area (TPSA) is 73.6 Å². The van der Waals surface area contributed by atoms with Gasteiger partial charge in [-0.1, -0.05) is 0 Å². The summed E-state index contributed by atoms with van der Waals surface area (Å²) >= 11 is 0. The minimum absolute atomic E-state index is 0.0451. The van der Waals surface area contributed by atoms with Gasteiger partial charge in [-0.2, -0.15) is 0 Å². The first-order valence-electron chi connectivity index (χ1n) is 6.56. The standard InChI is InChI=1S/C14H20N2O3/c1-18-11-5-6-12(10(8-11)9-15)19-13-4-2-3-7-16-14(13)17/h5-6,8,13H,2-4,7,9,15H2,1H3,(H,16,17). The van der Waals surface area contributed by atoms with Crippen LogP contribution in [0.1, 0.15) is 24.8 Å². The number of rotatable bonds is 4. The van der Waals surface area contributed by atoms with Crippen LogP contribution >= 0.6 is 0 Å². The van der Waals surface area contributed by atoms with Crippen LogP contribution < -0.4 is 20.5 Å². The lowest BCUT2D eigenvalue weighted by Gasteiger charge is -2.18. The molecule has 5 nitrogen and oxygen atoms in total. The number of methoxy groups -OCH3 is 1. The number of carbonyl (C=O) groups is 1. The number of nitrogens with one attached hydrogen (secondary N) is 1. The SMILES string of the molecule is COc1ccc(OC2CCCCNC2=O)c(CN)c1. The van der Waals surface area contributed by atoms with Crippen LogP contribution in [-0.2, 0) is 11.3 Å². The molecule has 3 N–H and O–H groups in total. The van der Waals surface area contributed by atoms with Gasteiger partial charge in [-0.15, -0.1) is 0 Å². The molecule has 2 rings (SSSR count). The molecule has 1 aromatic carbocycles. The van der Waals surface area contributed by atoms with Crippen molar-refractivity contribution in [2.24, 2.45) is 5.73 Å². The van der Waals surface area contributed by atoms with Crippen molar-refractivity contribution in [3.8, 4) is 11.5 Å². The summed E-state index contributed by atoms with van der Waals surface area (Å²) in [6.45, 7) is 1.08. The summed E-state index contributed by atoms with van der Waals surface area (Å²) in [5.74, 6) is 1.35. The van der Waals surface area contributed by atoms with Gasteiger partial charge in [0.05, 0.1) is 7.11 Å². The molecule has 1 aliphatic heterocycles. The van der Waals surface area contributed by atoms with Crippen LogP contribution in [0.3, 0.4) is 0 Å². The van der Waals surface area contributed by atoms with E-state index in [1.165, 1.54) is 0 Å². The molecule has 5 heteroatoms. The number of carbonyl (C=O) groups excluding carboxylic acids is 1. The van der Waals surface area contributed by atoms with Gasteiger partial charge in [0.2, 0.25) is 0 Å². The molecule has 1 heterocycles. The van der Waals surface area contributed by atoms with Crippen molar-refractivity contribution in [1.29, 1.82) is 0 Å². The molecule has 0 saturated carbocycles. The predicted molar refractivity (Wildman–Crippen MR) is 72.2 cm³/mol. The fraction of sp³-hybridized carbons (Fsp3) is 0.500. The highest BCUT2D eigenvalue weighted by atomic mass is 16.5. The van der Waals surface area contributed by atoms with E-state index in [1.807, 2.05) is 12.1 Å². The lowest BCUT2D eigenvalue weighted by molar-refractivity contribution is -0.127. The van der Waals surface area contributed by atoms with E-state index < -0.39 is 6.10 Å². The molecule has 1 unspecified atom stereocenters. The third-order valence-corrected chi connectivity index (χ3v) is 3.24. The number of benzene rings is 1. The van der Waals surface area contributed by atoms with Crippen molar-refractivity contribution in [3.05, 3.63) is 23.8 Å². The maximum atomic E-state index is 11.8. The van der Waals surface area contributed by atoms with Crippen molar-refractivity contribution in [3.63, 3.8) is 0 Å². The number of nitrogens with two attached hydrogens (primary N) is 1. The summed E-state index contributed by atoms with van der Waals surface area (Å²) in [7, 11) is 1.61. The molecule has 0 spiro atoms. The van der Waals surface area contributed by atoms with E-state index in [-0.39, 0.29) is 5.91 Å². The van der Waals surface area contributed by atoms with Gasteiger partial charge >= 0.3 is 0 Å². The smallest absolute Gasteiger partial charge is 0.261 e. The van der Waals surface area contributed by atoms with Crippen molar-refractivity contribution >= 4 is 5.91 Å². The molecule has 19 heavy (non-hydrogen) atoms. The fourth-order valence-electron chi connectivity index (χ4n) is 2.13. The third kappa shape index (κ3) is 3.38. The van der Waals surface area contributed by atoms with Crippen LogP contribution in [0.4, 0.5) is 0 Å². The van der Waals surface area contributed by atoms with Gasteiger partial charge in [-0.3, -0.25) is 4.79 Å². The second-order valence-electron chi connectivity index (χ2n) is 4.57. The van der Waals surface area contributed by atoms with Gasteiger partial charge in [0.1, 0.15) is 11.5 Å². The van der Waals surface area contributed by atoms with E-state index in [0.717, 1.165) is 37.1 Å². The van der Waals surface area contributed by atoms with Crippen LogP contribution in [0.2, 0.25) is 0 Å². The first-order chi connectivity index (χ1) is 9.24. The summed E-state index contributed by atoms with van der Waals surface area (Å²) < 4.78 is 11.0. The Hall–Kier alpha value is -1.75. The molecular formula is C14H20N2O3. The minimum atomic E-state index is -0.429. The van der Waals surface area contributed by atoms with Gasteiger partial charge in [-0.05, 0) is 37.5 Å². The van der Waals surface area contributed by atoms with Crippen LogP contribution in [0, 0.1) is 0 Å². The predicted octanol–water partition coefficient (Wildman–Crippen LogP) is 1.20. The fourth-order valence-corrected chi connectivity index (χ4v) is 2.13. The molecule has 1 atom stereocenters. The summed E-state index contributed by atoms with van der Waals surface area (Å²) in [5.41, 5.74) is 6.55. The normalized spacial score (nSPS) is 19.5. The second kappa shape index (κ2) is 6.43. The molecule has 1 aliphatic rings. The molecule has 104 valence electrons. The van der Waals surface area contributed by atoms with Gasteiger partial charge in [0.25, 0.3) is 5.91 Å². The first kappa shape index (κ1) is 13.7. The highest BCUT2D eigenvalue weighted by Gasteiger charge is 2.23. The summed E-state index contributed by atoms with van der Waals surface area (Å²) in [6.07, 6.45) is 2.29. The maximum Gasteiger partial charge on any atom is 0.261 e. The minimum Gasteiger partial charge on any atom is -0.497 e. The summed E-state index contributed by atoms with van der Waals surface area (Å²) in [4.78, 5) is 11.8. The second-order valence-corrected chi connectivity index (χ2v) is 4.57. The van der Waals surface area contributed by atoms with Gasteiger partial charge in [0, 0.05) is 18.7 Å².